The maximum atomic E-state index is 6.65. The van der Waals surface area contributed by atoms with Gasteiger partial charge in [-0.2, -0.15) is 0 Å². The highest BCUT2D eigenvalue weighted by atomic mass is 16.7. The summed E-state index contributed by atoms with van der Waals surface area (Å²) in [6, 6.07) is 10.6. The maximum absolute atomic E-state index is 6.65. The number of rotatable bonds is 21. The molecule has 32 heavy (non-hydrogen) atoms. The lowest BCUT2D eigenvalue weighted by Gasteiger charge is -2.41. The molecule has 0 spiro atoms. The predicted octanol–water partition coefficient (Wildman–Crippen LogP) is 7.26. The molecule has 2 atom stereocenters. The zero-order chi connectivity index (χ0) is 22.9. The van der Waals surface area contributed by atoms with E-state index < -0.39 is 5.79 Å². The Kier molecular flexibility index (Phi) is 14.2. The van der Waals surface area contributed by atoms with Gasteiger partial charge < -0.3 is 18.9 Å². The zero-order valence-corrected chi connectivity index (χ0v) is 21.0. The molecule has 2 unspecified atom stereocenters. The molecule has 0 saturated carbocycles. The normalized spacial score (nSPS) is 16.9. The number of benzene rings is 1. The van der Waals surface area contributed by atoms with Crippen molar-refractivity contribution in [2.24, 2.45) is 5.92 Å². The SMILES string of the molecule is CCCCCCCCC(CCCOCC1CO1)C(OCCC)(OCCC)c1ccccc1. The van der Waals surface area contributed by atoms with Gasteiger partial charge in [0.15, 0.2) is 5.79 Å². The second-order valence-electron chi connectivity index (χ2n) is 9.16. The molecule has 1 aromatic carbocycles. The molecule has 0 amide bonds. The van der Waals surface area contributed by atoms with E-state index in [0.29, 0.717) is 25.2 Å². The van der Waals surface area contributed by atoms with Gasteiger partial charge in [-0.3, -0.25) is 0 Å². The lowest BCUT2D eigenvalue weighted by molar-refractivity contribution is -0.281. The molecule has 1 aromatic rings. The molecule has 0 bridgehead atoms. The van der Waals surface area contributed by atoms with Crippen LogP contribution in [0.2, 0.25) is 0 Å². The molecule has 0 aliphatic carbocycles. The van der Waals surface area contributed by atoms with E-state index in [1.165, 1.54) is 38.5 Å². The van der Waals surface area contributed by atoms with Crippen LogP contribution in [0.15, 0.2) is 30.3 Å². The molecule has 1 aliphatic rings. The summed E-state index contributed by atoms with van der Waals surface area (Å²) in [4.78, 5) is 0. The average molecular weight is 449 g/mol. The van der Waals surface area contributed by atoms with Gasteiger partial charge in [-0.15, -0.1) is 0 Å². The first-order chi connectivity index (χ1) is 15.8. The van der Waals surface area contributed by atoms with Crippen LogP contribution in [0.3, 0.4) is 0 Å². The number of ether oxygens (including phenoxy) is 4. The van der Waals surface area contributed by atoms with Crippen molar-refractivity contribution in [2.75, 3.05) is 33.0 Å². The second-order valence-corrected chi connectivity index (χ2v) is 9.16. The summed E-state index contributed by atoms with van der Waals surface area (Å²) in [6.07, 6.45) is 13.3. The smallest absolute Gasteiger partial charge is 0.197 e. The van der Waals surface area contributed by atoms with Crippen molar-refractivity contribution in [2.45, 2.75) is 103 Å². The minimum absolute atomic E-state index is 0.315. The summed E-state index contributed by atoms with van der Waals surface area (Å²) in [5.41, 5.74) is 1.16. The Morgan fingerprint density at radius 3 is 2.06 bits per heavy atom. The Balaban J connectivity index is 2.10. The molecule has 2 rings (SSSR count). The van der Waals surface area contributed by atoms with E-state index in [1.807, 2.05) is 0 Å². The minimum Gasteiger partial charge on any atom is -0.379 e. The van der Waals surface area contributed by atoms with Gasteiger partial charge in [-0.05, 0) is 32.1 Å². The Bertz CT molecular complexity index is 550. The highest BCUT2D eigenvalue weighted by molar-refractivity contribution is 5.21. The summed E-state index contributed by atoms with van der Waals surface area (Å²) in [5, 5.41) is 0. The standard InChI is InChI=1S/C28H48O4/c1-4-7-8-9-10-12-16-26(19-15-22-29-23-27-24-30-27)28(31-20-5-2,32-21-6-3)25-17-13-11-14-18-25/h11,13-14,17-18,26-27H,4-10,12,15-16,19-24H2,1-3H3. The highest BCUT2D eigenvalue weighted by Gasteiger charge is 2.42. The van der Waals surface area contributed by atoms with Crippen molar-refractivity contribution in [3.8, 4) is 0 Å². The van der Waals surface area contributed by atoms with Crippen LogP contribution in [0.25, 0.3) is 0 Å². The number of hydrogen-bond donors (Lipinski definition) is 0. The molecule has 1 aliphatic heterocycles. The van der Waals surface area contributed by atoms with Crippen molar-refractivity contribution in [1.29, 1.82) is 0 Å². The van der Waals surface area contributed by atoms with E-state index in [2.05, 4.69) is 51.1 Å². The summed E-state index contributed by atoms with van der Waals surface area (Å²) < 4.78 is 24.4. The van der Waals surface area contributed by atoms with Crippen molar-refractivity contribution in [1.82, 2.24) is 0 Å². The van der Waals surface area contributed by atoms with Crippen LogP contribution < -0.4 is 0 Å². The van der Waals surface area contributed by atoms with Gasteiger partial charge >= 0.3 is 0 Å². The van der Waals surface area contributed by atoms with Crippen molar-refractivity contribution >= 4 is 0 Å². The van der Waals surface area contributed by atoms with Gasteiger partial charge in [0.2, 0.25) is 0 Å². The molecule has 4 heteroatoms. The van der Waals surface area contributed by atoms with E-state index in [9.17, 15) is 0 Å². The van der Waals surface area contributed by atoms with Gasteiger partial charge in [0, 0.05) is 18.1 Å². The molecule has 0 N–H and O–H groups in total. The third-order valence-corrected chi connectivity index (χ3v) is 6.21. The largest absolute Gasteiger partial charge is 0.379 e. The minimum atomic E-state index is -0.670. The van der Waals surface area contributed by atoms with Crippen LogP contribution in [0.4, 0.5) is 0 Å². The fourth-order valence-corrected chi connectivity index (χ4v) is 4.36. The van der Waals surface area contributed by atoms with Crippen molar-refractivity contribution in [3.05, 3.63) is 35.9 Å². The third kappa shape index (κ3) is 9.91. The molecular weight excluding hydrogens is 400 g/mol. The Labute approximate surface area is 197 Å². The maximum Gasteiger partial charge on any atom is 0.197 e. The third-order valence-electron chi connectivity index (χ3n) is 6.21. The summed E-state index contributed by atoms with van der Waals surface area (Å²) in [5.74, 6) is -0.356. The molecule has 4 nitrogen and oxygen atoms in total. The molecule has 0 aromatic heterocycles. The van der Waals surface area contributed by atoms with E-state index in [0.717, 1.165) is 57.5 Å². The fourth-order valence-electron chi connectivity index (χ4n) is 4.36. The van der Waals surface area contributed by atoms with Crippen LogP contribution in [-0.2, 0) is 24.7 Å². The lowest BCUT2D eigenvalue weighted by Crippen LogP contribution is -2.42. The van der Waals surface area contributed by atoms with Gasteiger partial charge in [0.1, 0.15) is 6.10 Å². The summed E-state index contributed by atoms with van der Waals surface area (Å²) >= 11 is 0. The van der Waals surface area contributed by atoms with Gasteiger partial charge in [-0.1, -0.05) is 89.6 Å². The van der Waals surface area contributed by atoms with Gasteiger partial charge in [-0.25, -0.2) is 0 Å². The Hall–Kier alpha value is -0.940. The monoisotopic (exact) mass is 448 g/mol. The van der Waals surface area contributed by atoms with E-state index >= 15 is 0 Å². The van der Waals surface area contributed by atoms with Crippen LogP contribution in [0.1, 0.15) is 97.0 Å². The summed E-state index contributed by atoms with van der Waals surface area (Å²) in [6.45, 7) is 10.4. The first-order valence-corrected chi connectivity index (χ1v) is 13.3. The number of unbranched alkanes of at least 4 members (excludes halogenated alkanes) is 5. The number of hydrogen-bond acceptors (Lipinski definition) is 4. The quantitative estimate of drug-likeness (QED) is 0.113. The van der Waals surface area contributed by atoms with Gasteiger partial charge in [0.05, 0.1) is 26.4 Å². The van der Waals surface area contributed by atoms with Crippen LogP contribution in [0, 0.1) is 5.92 Å². The first kappa shape index (κ1) is 27.3. The molecule has 1 heterocycles. The first-order valence-electron chi connectivity index (χ1n) is 13.3. The van der Waals surface area contributed by atoms with Crippen molar-refractivity contribution in [3.63, 3.8) is 0 Å². The molecule has 184 valence electrons. The molecule has 1 saturated heterocycles. The van der Waals surface area contributed by atoms with Crippen LogP contribution >= 0.6 is 0 Å². The van der Waals surface area contributed by atoms with E-state index in [1.54, 1.807) is 0 Å². The molecule has 1 fully saturated rings. The number of epoxide rings is 1. The highest BCUT2D eigenvalue weighted by Crippen LogP contribution is 2.41. The Morgan fingerprint density at radius 1 is 0.812 bits per heavy atom. The van der Waals surface area contributed by atoms with Crippen molar-refractivity contribution < 1.29 is 18.9 Å². The van der Waals surface area contributed by atoms with E-state index in [4.69, 9.17) is 18.9 Å². The van der Waals surface area contributed by atoms with Crippen LogP contribution in [0.5, 0.6) is 0 Å². The molecule has 0 radical (unpaired) electrons. The second kappa shape index (κ2) is 16.6. The topological polar surface area (TPSA) is 40.2 Å². The average Bonchev–Trinajstić information content (AvgIpc) is 3.65. The van der Waals surface area contributed by atoms with E-state index in [-0.39, 0.29) is 0 Å². The zero-order valence-electron chi connectivity index (χ0n) is 21.0. The Morgan fingerprint density at radius 2 is 1.44 bits per heavy atom. The lowest BCUT2D eigenvalue weighted by atomic mass is 9.83. The van der Waals surface area contributed by atoms with Gasteiger partial charge in [0.25, 0.3) is 0 Å². The predicted molar refractivity (Wildman–Crippen MR) is 132 cm³/mol. The molecular formula is C28H48O4. The van der Waals surface area contributed by atoms with Crippen LogP contribution in [-0.4, -0.2) is 39.1 Å². The summed E-state index contributed by atoms with van der Waals surface area (Å²) in [7, 11) is 0. The fraction of sp³-hybridized carbons (Fsp3) is 0.786.